The lowest BCUT2D eigenvalue weighted by Crippen LogP contribution is -2.23. The van der Waals surface area contributed by atoms with Crippen molar-refractivity contribution >= 4 is 23.5 Å². The Bertz CT molecular complexity index is 792. The van der Waals surface area contributed by atoms with Gasteiger partial charge in [-0.25, -0.2) is 0 Å². The molecule has 7 N–H and O–H groups in total. The Morgan fingerprint density at radius 3 is 2.50 bits per heavy atom. The number of H-pyrrole nitrogens is 1. The van der Waals surface area contributed by atoms with Gasteiger partial charge in [0.05, 0.1) is 12.7 Å². The van der Waals surface area contributed by atoms with Crippen molar-refractivity contribution in [1.29, 1.82) is 0 Å². The van der Waals surface area contributed by atoms with Gasteiger partial charge < -0.3 is 36.3 Å². The second kappa shape index (κ2) is 13.3. The van der Waals surface area contributed by atoms with Crippen LogP contribution >= 0.6 is 0 Å². The molecule has 0 radical (unpaired) electrons. The van der Waals surface area contributed by atoms with E-state index in [2.05, 4.69) is 10.3 Å². The summed E-state index contributed by atoms with van der Waals surface area (Å²) in [6, 6.07) is 6.94. The highest BCUT2D eigenvalue weighted by Gasteiger charge is 2.11. The molecule has 0 saturated carbocycles. The number of methoxy groups -OCH3 is 1. The summed E-state index contributed by atoms with van der Waals surface area (Å²) in [5, 5.41) is 12.1. The lowest BCUT2D eigenvalue weighted by molar-refractivity contribution is -0.118. The molecule has 1 unspecified atom stereocenters. The predicted molar refractivity (Wildman–Crippen MR) is 121 cm³/mol. The van der Waals surface area contributed by atoms with Gasteiger partial charge in [0.1, 0.15) is 11.6 Å². The third-order valence-corrected chi connectivity index (χ3v) is 4.48. The largest absolute Gasteiger partial charge is 0.507 e. The zero-order valence-electron chi connectivity index (χ0n) is 18.2. The Balaban J connectivity index is 0.000000286. The summed E-state index contributed by atoms with van der Waals surface area (Å²) >= 11 is 0. The van der Waals surface area contributed by atoms with Gasteiger partial charge in [0.25, 0.3) is 0 Å². The fourth-order valence-electron chi connectivity index (χ4n) is 2.59. The van der Waals surface area contributed by atoms with Crippen molar-refractivity contribution in [3.8, 4) is 5.75 Å². The zero-order chi connectivity index (χ0) is 22.5. The molecular formula is C22H34N4O4. The number of carbonyl (C=O) groups excluding carboxylic acids is 1. The third kappa shape index (κ3) is 8.59. The van der Waals surface area contributed by atoms with Crippen LogP contribution < -0.4 is 16.8 Å². The minimum Gasteiger partial charge on any atom is -0.507 e. The fourth-order valence-corrected chi connectivity index (χ4v) is 2.59. The van der Waals surface area contributed by atoms with E-state index in [1.54, 1.807) is 38.4 Å². The van der Waals surface area contributed by atoms with Crippen LogP contribution in [-0.4, -0.2) is 49.5 Å². The van der Waals surface area contributed by atoms with E-state index in [-0.39, 0.29) is 11.7 Å². The molecule has 1 aromatic heterocycles. The molecule has 2 aromatic rings. The number of amides is 1. The summed E-state index contributed by atoms with van der Waals surface area (Å²) in [5.74, 6) is 0.735. The van der Waals surface area contributed by atoms with Crippen molar-refractivity contribution in [3.63, 3.8) is 0 Å². The first kappa shape index (κ1) is 25.1. The SMILES string of the molecule is CNC(C)=O.COC1CCCOC1.Cc1c[nH]c(N)c1/C=C(\N)c1ccccc1O. The van der Waals surface area contributed by atoms with Gasteiger partial charge in [0, 0.05) is 50.7 Å². The smallest absolute Gasteiger partial charge is 0.216 e. The van der Waals surface area contributed by atoms with Gasteiger partial charge in [-0.15, -0.1) is 0 Å². The van der Waals surface area contributed by atoms with E-state index >= 15 is 0 Å². The first-order valence-electron chi connectivity index (χ1n) is 9.77. The van der Waals surface area contributed by atoms with Crippen LogP contribution in [0.5, 0.6) is 5.75 Å². The second-order valence-corrected chi connectivity index (χ2v) is 6.80. The van der Waals surface area contributed by atoms with E-state index in [4.69, 9.17) is 20.9 Å². The molecule has 0 aliphatic carbocycles. The standard InChI is InChI=1S/C13H15N3O.C6H12O2.C3H7NO/c1-8-7-16-13(15)10(8)6-11(14)9-4-2-3-5-12(9)17;1-7-6-3-2-4-8-5-6;1-3(5)4-2/h2-7,16-17H,14-15H2,1H3;6H,2-5H2,1H3;1-2H3,(H,4,5)/b11-6-;;. The van der Waals surface area contributed by atoms with E-state index in [1.165, 1.54) is 6.92 Å². The number of benzene rings is 1. The number of nitrogens with one attached hydrogen (secondary N) is 2. The molecule has 1 saturated heterocycles. The van der Waals surface area contributed by atoms with Crippen LogP contribution in [-0.2, 0) is 14.3 Å². The number of nitrogens with two attached hydrogens (primary N) is 2. The van der Waals surface area contributed by atoms with Crippen molar-refractivity contribution in [2.24, 2.45) is 5.73 Å². The summed E-state index contributed by atoms with van der Waals surface area (Å²) in [6.45, 7) is 5.12. The number of hydrogen-bond acceptors (Lipinski definition) is 6. The number of nitrogen functional groups attached to an aromatic ring is 1. The van der Waals surface area contributed by atoms with Gasteiger partial charge in [-0.1, -0.05) is 12.1 Å². The number of hydrogen-bond donors (Lipinski definition) is 5. The lowest BCUT2D eigenvalue weighted by atomic mass is 10.1. The Kier molecular flexibility index (Phi) is 11.1. The van der Waals surface area contributed by atoms with Gasteiger partial charge in [-0.3, -0.25) is 4.79 Å². The second-order valence-electron chi connectivity index (χ2n) is 6.80. The first-order valence-corrected chi connectivity index (χ1v) is 9.77. The number of aryl methyl sites for hydroxylation is 1. The zero-order valence-corrected chi connectivity index (χ0v) is 18.2. The van der Waals surface area contributed by atoms with Gasteiger partial charge >= 0.3 is 0 Å². The minimum absolute atomic E-state index is 0.00463. The van der Waals surface area contributed by atoms with Crippen molar-refractivity contribution in [1.82, 2.24) is 10.3 Å². The fraction of sp³-hybridized carbons (Fsp3) is 0.409. The van der Waals surface area contributed by atoms with E-state index in [0.717, 1.165) is 37.2 Å². The Hall–Kier alpha value is -2.97. The number of phenolic OH excluding ortho intramolecular Hbond substituents is 1. The highest BCUT2D eigenvalue weighted by Crippen LogP contribution is 2.25. The van der Waals surface area contributed by atoms with Crippen LogP contribution in [0.25, 0.3) is 11.8 Å². The Labute approximate surface area is 178 Å². The van der Waals surface area contributed by atoms with E-state index in [1.807, 2.05) is 19.2 Å². The van der Waals surface area contributed by atoms with Crippen molar-refractivity contribution < 1.29 is 19.4 Å². The first-order chi connectivity index (χ1) is 14.3. The molecule has 1 aliphatic heterocycles. The van der Waals surface area contributed by atoms with E-state index in [9.17, 15) is 9.90 Å². The quantitative estimate of drug-likeness (QED) is 0.520. The number of phenols is 1. The topological polar surface area (TPSA) is 136 Å². The molecule has 1 aliphatic rings. The maximum atomic E-state index is 9.70. The number of carbonyl (C=O) groups is 1. The van der Waals surface area contributed by atoms with Crippen LogP contribution in [0.1, 0.15) is 36.5 Å². The maximum Gasteiger partial charge on any atom is 0.216 e. The molecule has 30 heavy (non-hydrogen) atoms. The average molecular weight is 419 g/mol. The van der Waals surface area contributed by atoms with Crippen molar-refractivity contribution in [2.45, 2.75) is 32.8 Å². The molecule has 3 rings (SSSR count). The molecular weight excluding hydrogens is 384 g/mol. The van der Waals surface area contributed by atoms with Gasteiger partial charge in [0.2, 0.25) is 5.91 Å². The van der Waals surface area contributed by atoms with Crippen molar-refractivity contribution in [2.75, 3.05) is 33.1 Å². The van der Waals surface area contributed by atoms with Crippen LogP contribution in [0.15, 0.2) is 30.5 Å². The average Bonchev–Trinajstić information content (AvgIpc) is 3.07. The molecule has 8 nitrogen and oxygen atoms in total. The lowest BCUT2D eigenvalue weighted by Gasteiger charge is -2.19. The third-order valence-electron chi connectivity index (χ3n) is 4.48. The monoisotopic (exact) mass is 418 g/mol. The highest BCUT2D eigenvalue weighted by atomic mass is 16.5. The normalized spacial score (nSPS) is 15.9. The molecule has 0 bridgehead atoms. The number of ether oxygens (including phenoxy) is 2. The number of para-hydroxylation sites is 1. The molecule has 166 valence electrons. The summed E-state index contributed by atoms with van der Waals surface area (Å²) in [6.07, 6.45) is 6.26. The Morgan fingerprint density at radius 2 is 2.07 bits per heavy atom. The predicted octanol–water partition coefficient (Wildman–Crippen LogP) is 2.63. The number of anilines is 1. The molecule has 1 aromatic carbocycles. The van der Waals surface area contributed by atoms with E-state index < -0.39 is 0 Å². The highest BCUT2D eigenvalue weighted by molar-refractivity contribution is 5.85. The molecule has 2 heterocycles. The molecule has 1 fully saturated rings. The van der Waals surface area contributed by atoms with Gasteiger partial charge in [-0.2, -0.15) is 0 Å². The summed E-state index contributed by atoms with van der Waals surface area (Å²) < 4.78 is 10.2. The van der Waals surface area contributed by atoms with Gasteiger partial charge in [-0.05, 0) is 43.5 Å². The van der Waals surface area contributed by atoms with Crippen LogP contribution in [0.2, 0.25) is 0 Å². The molecule has 1 amide bonds. The van der Waals surface area contributed by atoms with Crippen molar-refractivity contribution in [3.05, 3.63) is 47.2 Å². The van der Waals surface area contributed by atoms with Crippen LogP contribution in [0.4, 0.5) is 5.82 Å². The maximum absolute atomic E-state index is 9.70. The Morgan fingerprint density at radius 1 is 1.40 bits per heavy atom. The molecule has 0 spiro atoms. The molecule has 1 atom stereocenters. The minimum atomic E-state index is 0.00463. The summed E-state index contributed by atoms with van der Waals surface area (Å²) in [7, 11) is 3.34. The van der Waals surface area contributed by atoms with E-state index in [0.29, 0.717) is 23.2 Å². The number of aromatic amines is 1. The summed E-state index contributed by atoms with van der Waals surface area (Å²) in [4.78, 5) is 12.6. The number of aromatic nitrogens is 1. The number of rotatable bonds is 3. The van der Waals surface area contributed by atoms with Crippen LogP contribution in [0, 0.1) is 6.92 Å². The summed E-state index contributed by atoms with van der Waals surface area (Å²) in [5.41, 5.74) is 14.7. The molecule has 8 heteroatoms. The number of aromatic hydroxyl groups is 1. The van der Waals surface area contributed by atoms with Crippen LogP contribution in [0.3, 0.4) is 0 Å². The van der Waals surface area contributed by atoms with Gasteiger partial charge in [0.15, 0.2) is 0 Å².